The number of thioether (sulfide) groups is 1. The van der Waals surface area contributed by atoms with Crippen LogP contribution in [0.25, 0.3) is 10.9 Å². The maximum absolute atomic E-state index is 12.8. The molecule has 1 aliphatic heterocycles. The van der Waals surface area contributed by atoms with E-state index >= 15 is 0 Å². The Hall–Kier alpha value is -3.38. The van der Waals surface area contributed by atoms with Crippen LogP contribution in [0, 0.1) is 18.3 Å². The summed E-state index contributed by atoms with van der Waals surface area (Å²) < 4.78 is 5.11. The Morgan fingerprint density at radius 3 is 3.00 bits per heavy atom. The van der Waals surface area contributed by atoms with Crippen LogP contribution in [0.15, 0.2) is 41.1 Å². The van der Waals surface area contributed by atoms with Crippen molar-refractivity contribution in [1.29, 1.82) is 5.26 Å². The van der Waals surface area contributed by atoms with Crippen LogP contribution in [-0.4, -0.2) is 51.1 Å². The van der Waals surface area contributed by atoms with Gasteiger partial charge < -0.3 is 14.7 Å². The van der Waals surface area contributed by atoms with Crippen LogP contribution >= 0.6 is 11.8 Å². The Kier molecular flexibility index (Phi) is 5.68. The monoisotopic (exact) mass is 421 g/mol. The number of nitrogens with one attached hydrogen (secondary N) is 1. The minimum atomic E-state index is -0.441. The summed E-state index contributed by atoms with van der Waals surface area (Å²) in [5.74, 6) is 1.19. The minimum Gasteiger partial charge on any atom is -0.361 e. The normalized spacial score (nSPS) is 15.9. The van der Waals surface area contributed by atoms with E-state index < -0.39 is 6.04 Å². The lowest BCUT2D eigenvalue weighted by molar-refractivity contribution is -0.129. The van der Waals surface area contributed by atoms with Crippen molar-refractivity contribution < 1.29 is 14.1 Å². The highest BCUT2D eigenvalue weighted by Gasteiger charge is 2.29. The fraction of sp³-hybridized carbons (Fsp3) is 0.286. The van der Waals surface area contributed by atoms with Gasteiger partial charge >= 0.3 is 0 Å². The molecule has 2 amide bonds. The van der Waals surface area contributed by atoms with Crippen LogP contribution < -0.4 is 5.32 Å². The number of aryl methyl sites for hydroxylation is 1. The molecule has 3 aromatic rings. The molecule has 1 fully saturated rings. The summed E-state index contributed by atoms with van der Waals surface area (Å²) in [6, 6.07) is 10.9. The number of nitriles is 1. The van der Waals surface area contributed by atoms with Gasteiger partial charge in [0.25, 0.3) is 5.91 Å². The fourth-order valence-corrected chi connectivity index (χ4v) is 4.46. The van der Waals surface area contributed by atoms with Gasteiger partial charge in [-0.3, -0.25) is 14.6 Å². The summed E-state index contributed by atoms with van der Waals surface area (Å²) in [7, 11) is 0. The van der Waals surface area contributed by atoms with Crippen molar-refractivity contribution in [2.75, 3.05) is 18.2 Å². The number of pyridine rings is 1. The molecule has 0 radical (unpaired) electrons. The summed E-state index contributed by atoms with van der Waals surface area (Å²) in [4.78, 5) is 31.0. The highest BCUT2D eigenvalue weighted by Crippen LogP contribution is 2.22. The quantitative estimate of drug-likeness (QED) is 0.672. The average molecular weight is 421 g/mol. The molecule has 30 heavy (non-hydrogen) atoms. The maximum atomic E-state index is 12.8. The van der Waals surface area contributed by atoms with Crippen molar-refractivity contribution >= 4 is 34.5 Å². The minimum absolute atomic E-state index is 0.153. The molecule has 0 aliphatic carbocycles. The SMILES string of the molecule is Cc1cc(Cc2ccc3nccc(C(=O)NCC(=O)N4CSCC4C#N)c3c2)no1. The van der Waals surface area contributed by atoms with E-state index in [0.29, 0.717) is 34.5 Å². The highest BCUT2D eigenvalue weighted by atomic mass is 32.2. The van der Waals surface area contributed by atoms with Crippen LogP contribution in [0.2, 0.25) is 0 Å². The van der Waals surface area contributed by atoms with Gasteiger partial charge in [-0.15, -0.1) is 11.8 Å². The topological polar surface area (TPSA) is 112 Å². The predicted molar refractivity (Wildman–Crippen MR) is 112 cm³/mol. The molecule has 1 atom stereocenters. The lowest BCUT2D eigenvalue weighted by Gasteiger charge is -2.18. The first-order valence-corrected chi connectivity index (χ1v) is 10.6. The van der Waals surface area contributed by atoms with Crippen LogP contribution in [0.3, 0.4) is 0 Å². The number of rotatable bonds is 5. The van der Waals surface area contributed by atoms with Crippen molar-refractivity contribution in [2.24, 2.45) is 0 Å². The molecule has 0 spiro atoms. The first kappa shape index (κ1) is 19.9. The zero-order chi connectivity index (χ0) is 21.1. The molecule has 4 rings (SSSR count). The highest BCUT2D eigenvalue weighted by molar-refractivity contribution is 7.99. The lowest BCUT2D eigenvalue weighted by atomic mass is 10.0. The van der Waals surface area contributed by atoms with E-state index in [1.165, 1.54) is 16.7 Å². The Morgan fingerprint density at radius 1 is 1.37 bits per heavy atom. The van der Waals surface area contributed by atoms with Crippen molar-refractivity contribution in [3.8, 4) is 6.07 Å². The van der Waals surface area contributed by atoms with Gasteiger partial charge in [-0.2, -0.15) is 5.26 Å². The van der Waals surface area contributed by atoms with E-state index in [1.54, 1.807) is 12.3 Å². The fourth-order valence-electron chi connectivity index (χ4n) is 3.36. The maximum Gasteiger partial charge on any atom is 0.252 e. The summed E-state index contributed by atoms with van der Waals surface area (Å²) in [5, 5.41) is 16.5. The summed E-state index contributed by atoms with van der Waals surface area (Å²) in [5.41, 5.74) is 2.91. The van der Waals surface area contributed by atoms with Gasteiger partial charge in [0.05, 0.1) is 35.3 Å². The molecule has 0 bridgehead atoms. The number of benzene rings is 1. The number of carbonyl (C=O) groups is 2. The van der Waals surface area contributed by atoms with E-state index in [2.05, 4.69) is 21.5 Å². The van der Waals surface area contributed by atoms with E-state index in [4.69, 9.17) is 9.78 Å². The molecule has 1 saturated heterocycles. The molecule has 0 saturated carbocycles. The predicted octanol–water partition coefficient (Wildman–Crippen LogP) is 2.28. The van der Waals surface area contributed by atoms with Crippen molar-refractivity contribution in [2.45, 2.75) is 19.4 Å². The average Bonchev–Trinajstić information content (AvgIpc) is 3.40. The third-order valence-electron chi connectivity index (χ3n) is 4.86. The Labute approximate surface area is 177 Å². The summed E-state index contributed by atoms with van der Waals surface area (Å²) in [6.45, 7) is 1.68. The molecule has 1 unspecified atom stereocenters. The van der Waals surface area contributed by atoms with E-state index in [9.17, 15) is 9.59 Å². The van der Waals surface area contributed by atoms with E-state index in [0.717, 1.165) is 17.0 Å². The number of aromatic nitrogens is 2. The summed E-state index contributed by atoms with van der Waals surface area (Å²) in [6.07, 6.45) is 2.15. The number of fused-ring (bicyclic) bond motifs is 1. The Bertz CT molecular complexity index is 1150. The van der Waals surface area contributed by atoms with E-state index in [1.807, 2.05) is 31.2 Å². The van der Waals surface area contributed by atoms with Gasteiger partial charge in [-0.05, 0) is 30.7 Å². The largest absolute Gasteiger partial charge is 0.361 e. The second-order valence-electron chi connectivity index (χ2n) is 7.01. The Balaban J connectivity index is 1.51. The van der Waals surface area contributed by atoms with Crippen molar-refractivity contribution in [3.05, 3.63) is 59.1 Å². The standard InChI is InChI=1S/C21H19N5O3S/c1-13-6-15(25-29-13)7-14-2-3-19-18(8-14)17(4-5-23-19)21(28)24-10-20(27)26-12-30-11-16(26)9-22/h2-6,8,16H,7,10-12H2,1H3,(H,24,28). The van der Waals surface area contributed by atoms with Gasteiger partial charge in [0, 0.05) is 29.8 Å². The van der Waals surface area contributed by atoms with Crippen LogP contribution in [0.5, 0.6) is 0 Å². The van der Waals surface area contributed by atoms with Gasteiger partial charge in [0.1, 0.15) is 11.8 Å². The number of amides is 2. The smallest absolute Gasteiger partial charge is 0.252 e. The van der Waals surface area contributed by atoms with Gasteiger partial charge in [-0.1, -0.05) is 11.2 Å². The third kappa shape index (κ3) is 4.14. The van der Waals surface area contributed by atoms with Gasteiger partial charge in [0.2, 0.25) is 5.91 Å². The molecule has 1 aliphatic rings. The molecule has 1 N–H and O–H groups in total. The zero-order valence-electron chi connectivity index (χ0n) is 16.3. The molecule has 8 nitrogen and oxygen atoms in total. The summed E-state index contributed by atoms with van der Waals surface area (Å²) >= 11 is 1.53. The zero-order valence-corrected chi connectivity index (χ0v) is 17.1. The van der Waals surface area contributed by atoms with Gasteiger partial charge in [0.15, 0.2) is 0 Å². The lowest BCUT2D eigenvalue weighted by Crippen LogP contribution is -2.42. The second kappa shape index (κ2) is 8.55. The second-order valence-corrected chi connectivity index (χ2v) is 8.01. The molecule has 152 valence electrons. The molecule has 1 aromatic carbocycles. The van der Waals surface area contributed by atoms with Crippen molar-refractivity contribution in [1.82, 2.24) is 20.4 Å². The molecular weight excluding hydrogens is 402 g/mol. The number of carbonyl (C=O) groups excluding carboxylic acids is 2. The van der Waals surface area contributed by atoms with Crippen LogP contribution in [0.4, 0.5) is 0 Å². The van der Waals surface area contributed by atoms with Crippen LogP contribution in [-0.2, 0) is 11.2 Å². The molecule has 9 heteroatoms. The third-order valence-corrected chi connectivity index (χ3v) is 5.88. The Morgan fingerprint density at radius 2 is 2.23 bits per heavy atom. The first-order valence-electron chi connectivity index (χ1n) is 9.40. The number of hydrogen-bond acceptors (Lipinski definition) is 7. The molecule has 2 aromatic heterocycles. The molecular formula is C21H19N5O3S. The number of nitrogens with zero attached hydrogens (tertiary/aromatic N) is 4. The van der Waals surface area contributed by atoms with Gasteiger partial charge in [-0.25, -0.2) is 0 Å². The first-order chi connectivity index (χ1) is 14.5. The van der Waals surface area contributed by atoms with E-state index in [-0.39, 0.29) is 18.4 Å². The molecule has 3 heterocycles. The van der Waals surface area contributed by atoms with Crippen molar-refractivity contribution in [3.63, 3.8) is 0 Å². The van der Waals surface area contributed by atoms with Crippen LogP contribution in [0.1, 0.15) is 27.4 Å². The number of hydrogen-bond donors (Lipinski definition) is 1.